The monoisotopic (exact) mass is 416 g/mol. The zero-order valence-corrected chi connectivity index (χ0v) is 18.1. The Morgan fingerprint density at radius 2 is 1.79 bits per heavy atom. The van der Waals surface area contributed by atoms with Crippen molar-refractivity contribution >= 4 is 23.1 Å². The number of fused-ring (bicyclic) bond motifs is 1. The number of hydrogen-bond acceptors (Lipinski definition) is 6. The average Bonchev–Trinajstić information content (AvgIpc) is 3.08. The Kier molecular flexibility index (Phi) is 7.58. The van der Waals surface area contributed by atoms with E-state index in [0.29, 0.717) is 49.5 Å². The number of thiophene rings is 1. The van der Waals surface area contributed by atoms with Crippen molar-refractivity contribution in [1.29, 1.82) is 0 Å². The molecule has 0 saturated heterocycles. The first-order valence-corrected chi connectivity index (χ1v) is 11.0. The quantitative estimate of drug-likeness (QED) is 0.439. The van der Waals surface area contributed by atoms with Crippen molar-refractivity contribution in [2.24, 2.45) is 5.92 Å². The minimum Gasteiger partial charge on any atom is -0.462 e. The van der Waals surface area contributed by atoms with Crippen LogP contribution in [0.3, 0.4) is 0 Å². The normalized spacial score (nSPS) is 16.1. The third kappa shape index (κ3) is 4.77. The van der Waals surface area contributed by atoms with E-state index in [1.165, 1.54) is 11.3 Å². The van der Waals surface area contributed by atoms with Gasteiger partial charge in [-0.1, -0.05) is 30.3 Å². The largest absolute Gasteiger partial charge is 0.462 e. The number of ketones is 1. The first-order valence-electron chi connectivity index (χ1n) is 10.2. The Labute approximate surface area is 176 Å². The van der Waals surface area contributed by atoms with Gasteiger partial charge in [-0.15, -0.1) is 11.3 Å². The maximum Gasteiger partial charge on any atom is 0.348 e. The van der Waals surface area contributed by atoms with Crippen molar-refractivity contribution in [3.63, 3.8) is 0 Å². The number of rotatable bonds is 9. The second-order valence-corrected chi connectivity index (χ2v) is 7.98. The van der Waals surface area contributed by atoms with Gasteiger partial charge in [0, 0.05) is 30.1 Å². The third-order valence-corrected chi connectivity index (χ3v) is 6.24. The molecule has 6 heteroatoms. The summed E-state index contributed by atoms with van der Waals surface area (Å²) < 4.78 is 16.7. The summed E-state index contributed by atoms with van der Waals surface area (Å²) in [7, 11) is 0. The molecule has 0 N–H and O–H groups in total. The van der Waals surface area contributed by atoms with Gasteiger partial charge in [0.2, 0.25) is 0 Å². The number of esters is 1. The summed E-state index contributed by atoms with van der Waals surface area (Å²) in [5.74, 6) is -0.692. The highest BCUT2D eigenvalue weighted by Gasteiger charge is 2.39. The maximum atomic E-state index is 13.5. The molecule has 0 fully saturated rings. The summed E-state index contributed by atoms with van der Waals surface area (Å²) in [6.07, 6.45) is 1.30. The summed E-state index contributed by atoms with van der Waals surface area (Å²) in [6, 6.07) is 9.99. The number of benzene rings is 1. The molecule has 1 heterocycles. The summed E-state index contributed by atoms with van der Waals surface area (Å²) in [5, 5.41) is 0. The lowest BCUT2D eigenvalue weighted by atomic mass is 9.81. The van der Waals surface area contributed by atoms with Crippen molar-refractivity contribution in [3.05, 3.63) is 56.8 Å². The van der Waals surface area contributed by atoms with Gasteiger partial charge in [0.1, 0.15) is 4.88 Å². The molecule has 0 radical (unpaired) electrons. The number of carbonyl (C=O) groups is 2. The van der Waals surface area contributed by atoms with Crippen LogP contribution in [0.25, 0.3) is 0 Å². The van der Waals surface area contributed by atoms with E-state index < -0.39 is 6.29 Å². The fraction of sp³-hybridized carbons (Fsp3) is 0.478. The molecule has 0 spiro atoms. The van der Waals surface area contributed by atoms with Crippen LogP contribution >= 0.6 is 11.3 Å². The minimum atomic E-state index is -0.554. The highest BCUT2D eigenvalue weighted by Crippen LogP contribution is 2.39. The third-order valence-electron chi connectivity index (χ3n) is 5.03. The SMILES string of the molecule is CCOC(=O)c1sc(Cc2ccccc2)c2c1CCC(C(OCC)OCC)C2=O. The van der Waals surface area contributed by atoms with Crippen LogP contribution in [-0.2, 0) is 27.1 Å². The summed E-state index contributed by atoms with van der Waals surface area (Å²) in [5.41, 5.74) is 2.60. The van der Waals surface area contributed by atoms with E-state index >= 15 is 0 Å². The molecule has 0 bridgehead atoms. The topological polar surface area (TPSA) is 61.8 Å². The van der Waals surface area contributed by atoms with Crippen LogP contribution in [0.5, 0.6) is 0 Å². The van der Waals surface area contributed by atoms with Gasteiger partial charge < -0.3 is 14.2 Å². The van der Waals surface area contributed by atoms with E-state index in [2.05, 4.69) is 0 Å². The fourth-order valence-electron chi connectivity index (χ4n) is 3.79. The van der Waals surface area contributed by atoms with Gasteiger partial charge in [-0.3, -0.25) is 4.79 Å². The Bertz CT molecular complexity index is 836. The smallest absolute Gasteiger partial charge is 0.348 e. The standard InChI is InChI=1S/C23H28O5S/c1-4-26-22(25)21-16-12-13-17(23(27-5-2)28-6-3)20(24)19(16)18(29-21)14-15-10-8-7-9-11-15/h7-11,17,23H,4-6,12-14H2,1-3H3. The van der Waals surface area contributed by atoms with E-state index in [4.69, 9.17) is 14.2 Å². The molecule has 29 heavy (non-hydrogen) atoms. The molecule has 1 aromatic carbocycles. The van der Waals surface area contributed by atoms with E-state index in [-0.39, 0.29) is 17.7 Å². The first kappa shape index (κ1) is 21.7. The molecule has 0 amide bonds. The van der Waals surface area contributed by atoms with Crippen molar-refractivity contribution < 1.29 is 23.8 Å². The minimum absolute atomic E-state index is 0.0101. The Morgan fingerprint density at radius 3 is 2.41 bits per heavy atom. The van der Waals surface area contributed by atoms with Crippen LogP contribution in [0, 0.1) is 5.92 Å². The Morgan fingerprint density at radius 1 is 1.10 bits per heavy atom. The molecular formula is C23H28O5S. The lowest BCUT2D eigenvalue weighted by Crippen LogP contribution is -2.37. The number of ether oxygens (including phenoxy) is 3. The Hall–Kier alpha value is -2.02. The molecule has 1 aliphatic carbocycles. The van der Waals surface area contributed by atoms with Crippen LogP contribution < -0.4 is 0 Å². The van der Waals surface area contributed by atoms with Crippen molar-refractivity contribution in [2.75, 3.05) is 19.8 Å². The van der Waals surface area contributed by atoms with Crippen molar-refractivity contribution in [1.82, 2.24) is 0 Å². The molecule has 1 atom stereocenters. The van der Waals surface area contributed by atoms with Crippen LogP contribution in [0.4, 0.5) is 0 Å². The van der Waals surface area contributed by atoms with Crippen LogP contribution in [0.1, 0.15) is 63.2 Å². The number of carbonyl (C=O) groups excluding carboxylic acids is 2. The van der Waals surface area contributed by atoms with Crippen LogP contribution in [0.15, 0.2) is 30.3 Å². The highest BCUT2D eigenvalue weighted by atomic mass is 32.1. The number of Topliss-reactive ketones (excluding diaryl/α,β-unsaturated/α-hetero) is 1. The molecule has 5 nitrogen and oxygen atoms in total. The van der Waals surface area contributed by atoms with E-state index in [1.54, 1.807) is 6.92 Å². The molecular weight excluding hydrogens is 388 g/mol. The van der Waals surface area contributed by atoms with Crippen molar-refractivity contribution in [2.45, 2.75) is 46.3 Å². The predicted molar refractivity (Wildman–Crippen MR) is 113 cm³/mol. The van der Waals surface area contributed by atoms with Crippen molar-refractivity contribution in [3.8, 4) is 0 Å². The van der Waals surface area contributed by atoms with Gasteiger partial charge in [0.05, 0.1) is 12.5 Å². The average molecular weight is 417 g/mol. The van der Waals surface area contributed by atoms with Crippen LogP contribution in [0.2, 0.25) is 0 Å². The lowest BCUT2D eigenvalue weighted by molar-refractivity contribution is -0.158. The zero-order chi connectivity index (χ0) is 20.8. The molecule has 3 rings (SSSR count). The van der Waals surface area contributed by atoms with Gasteiger partial charge in [0.25, 0.3) is 0 Å². The molecule has 0 saturated carbocycles. The molecule has 156 valence electrons. The highest BCUT2D eigenvalue weighted by molar-refractivity contribution is 7.14. The second-order valence-electron chi connectivity index (χ2n) is 6.88. The van der Waals surface area contributed by atoms with E-state index in [0.717, 1.165) is 16.0 Å². The molecule has 1 aliphatic rings. The maximum absolute atomic E-state index is 13.5. The zero-order valence-electron chi connectivity index (χ0n) is 17.2. The van der Waals surface area contributed by atoms with Gasteiger partial charge in [-0.25, -0.2) is 4.79 Å². The van der Waals surface area contributed by atoms with Crippen LogP contribution in [-0.4, -0.2) is 37.9 Å². The van der Waals surface area contributed by atoms with Gasteiger partial charge >= 0.3 is 5.97 Å². The number of hydrogen-bond donors (Lipinski definition) is 0. The molecule has 1 unspecified atom stereocenters. The first-order chi connectivity index (χ1) is 14.1. The van der Waals surface area contributed by atoms with Gasteiger partial charge in [-0.05, 0) is 44.7 Å². The molecule has 0 aliphatic heterocycles. The summed E-state index contributed by atoms with van der Waals surface area (Å²) >= 11 is 1.39. The van der Waals surface area contributed by atoms with Gasteiger partial charge in [0.15, 0.2) is 12.1 Å². The fourth-order valence-corrected chi connectivity index (χ4v) is 5.08. The molecule has 1 aromatic heterocycles. The van der Waals surface area contributed by atoms with E-state index in [9.17, 15) is 9.59 Å². The predicted octanol–water partition coefficient (Wildman–Crippen LogP) is 4.66. The summed E-state index contributed by atoms with van der Waals surface area (Å²) in [4.78, 5) is 27.5. The summed E-state index contributed by atoms with van der Waals surface area (Å²) in [6.45, 7) is 6.86. The second kappa shape index (κ2) is 10.1. The molecule has 2 aromatic rings. The lowest BCUT2D eigenvalue weighted by Gasteiger charge is -2.29. The van der Waals surface area contributed by atoms with E-state index in [1.807, 2.05) is 44.2 Å². The Balaban J connectivity index is 2.00. The van der Waals surface area contributed by atoms with Gasteiger partial charge in [-0.2, -0.15) is 0 Å².